The highest BCUT2D eigenvalue weighted by atomic mass is 32.1. The average Bonchev–Trinajstić information content (AvgIpc) is 3.55. The van der Waals surface area contributed by atoms with Crippen LogP contribution in [0.15, 0.2) is 29.9 Å². The van der Waals surface area contributed by atoms with Crippen LogP contribution in [0.3, 0.4) is 0 Å². The quantitative estimate of drug-likeness (QED) is 0.454. The molecule has 0 unspecified atom stereocenters. The number of aromatic amines is 1. The molecule has 0 aliphatic carbocycles. The summed E-state index contributed by atoms with van der Waals surface area (Å²) in [5.41, 5.74) is 10.8. The fraction of sp³-hybridized carbons (Fsp3) is 0.458. The third-order valence-electron chi connectivity index (χ3n) is 7.38. The Morgan fingerprint density at radius 1 is 1.18 bits per heavy atom. The van der Waals surface area contributed by atoms with Gasteiger partial charge in [-0.1, -0.05) is 13.8 Å². The van der Waals surface area contributed by atoms with E-state index in [1.807, 2.05) is 23.8 Å². The number of nitrogens with zero attached hydrogens (tertiary/aromatic N) is 7. The summed E-state index contributed by atoms with van der Waals surface area (Å²) in [5.74, 6) is 2.07. The Morgan fingerprint density at radius 2 is 2.03 bits per heavy atom. The molecule has 0 aromatic carbocycles. The van der Waals surface area contributed by atoms with Gasteiger partial charge in [0.25, 0.3) is 0 Å². The number of hydrogen-bond acceptors (Lipinski definition) is 9. The summed E-state index contributed by atoms with van der Waals surface area (Å²) in [6.45, 7) is 7.98. The normalized spacial score (nSPS) is 20.0. The maximum Gasteiger partial charge on any atom is 0.183 e. The van der Waals surface area contributed by atoms with Crippen molar-refractivity contribution in [1.29, 1.82) is 0 Å². The number of anilines is 3. The molecule has 0 saturated carbocycles. The average molecular weight is 476 g/mol. The zero-order chi connectivity index (χ0) is 23.3. The van der Waals surface area contributed by atoms with Crippen molar-refractivity contribution in [2.75, 3.05) is 36.0 Å². The lowest BCUT2D eigenvalue weighted by molar-refractivity contribution is 0.258. The molecular weight excluding hydrogens is 446 g/mol. The summed E-state index contributed by atoms with van der Waals surface area (Å²) in [4.78, 5) is 23.6. The number of nitrogens with two attached hydrogens (primary N) is 1. The molecule has 4 aromatic heterocycles. The number of fused-ring (bicyclic) bond motifs is 2. The van der Waals surface area contributed by atoms with Crippen LogP contribution in [-0.2, 0) is 0 Å². The molecule has 34 heavy (non-hydrogen) atoms. The molecule has 0 spiro atoms. The number of pyridine rings is 1. The van der Waals surface area contributed by atoms with Gasteiger partial charge >= 0.3 is 0 Å². The van der Waals surface area contributed by atoms with Crippen LogP contribution in [0.4, 0.5) is 17.3 Å². The molecule has 10 heteroatoms. The van der Waals surface area contributed by atoms with Gasteiger partial charge in [-0.25, -0.2) is 19.9 Å². The van der Waals surface area contributed by atoms with Gasteiger partial charge in [-0.2, -0.15) is 5.10 Å². The van der Waals surface area contributed by atoms with E-state index in [2.05, 4.69) is 44.9 Å². The van der Waals surface area contributed by atoms with Gasteiger partial charge in [0, 0.05) is 37.1 Å². The number of aromatic nitrogens is 6. The molecule has 0 amide bonds. The third-order valence-corrected chi connectivity index (χ3v) is 8.18. The lowest BCUT2D eigenvalue weighted by Crippen LogP contribution is -2.42. The summed E-state index contributed by atoms with van der Waals surface area (Å²) in [7, 11) is 0. The van der Waals surface area contributed by atoms with E-state index in [1.54, 1.807) is 11.3 Å². The van der Waals surface area contributed by atoms with Crippen LogP contribution < -0.4 is 15.5 Å². The monoisotopic (exact) mass is 475 g/mol. The Morgan fingerprint density at radius 3 is 2.79 bits per heavy atom. The van der Waals surface area contributed by atoms with Crippen LogP contribution in [0.2, 0.25) is 0 Å². The molecular formula is C24H29N9S. The number of rotatable bonds is 4. The number of thiazole rings is 1. The van der Waals surface area contributed by atoms with Crippen molar-refractivity contribution in [2.45, 2.75) is 39.0 Å². The van der Waals surface area contributed by atoms with Crippen molar-refractivity contribution in [3.05, 3.63) is 35.6 Å². The summed E-state index contributed by atoms with van der Waals surface area (Å²) < 4.78 is 0. The van der Waals surface area contributed by atoms with E-state index in [4.69, 9.17) is 20.7 Å². The second kappa shape index (κ2) is 8.28. The van der Waals surface area contributed by atoms with Crippen molar-refractivity contribution in [3.63, 3.8) is 0 Å². The first-order chi connectivity index (χ1) is 16.5. The van der Waals surface area contributed by atoms with Crippen LogP contribution >= 0.6 is 11.3 Å². The Hall–Kier alpha value is -3.11. The maximum atomic E-state index is 5.97. The SMILES string of the molecule is C[C@@H]1CCN(c2n[nH]c3nc(N4CCC(C)(CN)CC4)cnc23)c2ccc(-c3nccs3)nc21. The molecule has 3 N–H and O–H groups in total. The van der Waals surface area contributed by atoms with E-state index < -0.39 is 0 Å². The third kappa shape index (κ3) is 3.61. The van der Waals surface area contributed by atoms with Gasteiger partial charge in [0.15, 0.2) is 17.0 Å². The van der Waals surface area contributed by atoms with Crippen LogP contribution in [0.5, 0.6) is 0 Å². The number of nitrogens with one attached hydrogen (secondary N) is 1. The van der Waals surface area contributed by atoms with E-state index in [0.717, 1.165) is 84.7 Å². The van der Waals surface area contributed by atoms with Gasteiger partial charge < -0.3 is 15.5 Å². The van der Waals surface area contributed by atoms with Crippen LogP contribution in [0, 0.1) is 5.41 Å². The summed E-state index contributed by atoms with van der Waals surface area (Å²) >= 11 is 1.61. The highest BCUT2D eigenvalue weighted by molar-refractivity contribution is 7.13. The first kappa shape index (κ1) is 21.4. The molecule has 0 bridgehead atoms. The molecule has 1 saturated heterocycles. The van der Waals surface area contributed by atoms with Crippen molar-refractivity contribution in [3.8, 4) is 10.7 Å². The van der Waals surface area contributed by atoms with E-state index >= 15 is 0 Å². The maximum absolute atomic E-state index is 5.97. The zero-order valence-electron chi connectivity index (χ0n) is 19.5. The Labute approximate surface area is 202 Å². The number of piperidine rings is 1. The van der Waals surface area contributed by atoms with Crippen molar-refractivity contribution < 1.29 is 0 Å². The highest BCUT2D eigenvalue weighted by Gasteiger charge is 2.31. The van der Waals surface area contributed by atoms with Gasteiger partial charge in [-0.05, 0) is 43.4 Å². The van der Waals surface area contributed by atoms with E-state index in [9.17, 15) is 0 Å². The van der Waals surface area contributed by atoms with E-state index in [-0.39, 0.29) is 5.41 Å². The number of H-pyrrole nitrogens is 1. The lowest BCUT2D eigenvalue weighted by Gasteiger charge is -2.39. The summed E-state index contributed by atoms with van der Waals surface area (Å²) in [6, 6.07) is 4.19. The lowest BCUT2D eigenvalue weighted by atomic mass is 9.80. The Balaban J connectivity index is 1.31. The van der Waals surface area contributed by atoms with Crippen LogP contribution in [0.1, 0.15) is 44.7 Å². The molecule has 4 aromatic rings. The minimum Gasteiger partial charge on any atom is -0.355 e. The smallest absolute Gasteiger partial charge is 0.183 e. The fourth-order valence-electron chi connectivity index (χ4n) is 4.93. The predicted molar refractivity (Wildman–Crippen MR) is 136 cm³/mol. The first-order valence-corrected chi connectivity index (χ1v) is 12.8. The van der Waals surface area contributed by atoms with Crippen LogP contribution in [0.25, 0.3) is 21.9 Å². The number of hydrogen-bond donors (Lipinski definition) is 2. The molecule has 2 aliphatic rings. The largest absolute Gasteiger partial charge is 0.355 e. The molecule has 9 nitrogen and oxygen atoms in total. The van der Waals surface area contributed by atoms with E-state index in [1.165, 1.54) is 0 Å². The topological polar surface area (TPSA) is 113 Å². The second-order valence-electron chi connectivity index (χ2n) is 9.75. The highest BCUT2D eigenvalue weighted by Crippen LogP contribution is 2.40. The van der Waals surface area contributed by atoms with Gasteiger partial charge in [0.05, 0.1) is 23.3 Å². The molecule has 6 rings (SSSR count). The predicted octanol–water partition coefficient (Wildman–Crippen LogP) is 4.08. The fourth-order valence-corrected chi connectivity index (χ4v) is 5.53. The summed E-state index contributed by atoms with van der Waals surface area (Å²) in [5, 5.41) is 10.7. The van der Waals surface area contributed by atoms with Crippen LogP contribution in [-0.4, -0.2) is 56.3 Å². The minimum absolute atomic E-state index is 0.224. The van der Waals surface area contributed by atoms with Gasteiger partial charge in [0.2, 0.25) is 0 Å². The van der Waals surface area contributed by atoms with Crippen molar-refractivity contribution in [2.24, 2.45) is 11.1 Å². The molecule has 1 fully saturated rings. The molecule has 1 atom stereocenters. The Kier molecular flexibility index (Phi) is 5.22. The molecule has 0 radical (unpaired) electrons. The standard InChI is InChI=1S/C24H29N9S/c1-15-5-9-33(17-4-3-16(28-19(15)17)23-26-8-12-34-23)22-20-21(30-31-22)29-18(13-27-20)32-10-6-24(2,14-25)7-11-32/h3-4,8,12-13,15H,5-7,9-11,14,25H2,1-2H3,(H,29,30,31)/t15-/m1/s1. The van der Waals surface area contributed by atoms with E-state index in [0.29, 0.717) is 11.6 Å². The second-order valence-corrected chi connectivity index (χ2v) is 10.6. The Bertz CT molecular complexity index is 1310. The van der Waals surface area contributed by atoms with Crippen molar-refractivity contribution >= 4 is 39.8 Å². The van der Waals surface area contributed by atoms with Gasteiger partial charge in [0.1, 0.15) is 10.8 Å². The molecule has 176 valence electrons. The molecule has 6 heterocycles. The molecule has 2 aliphatic heterocycles. The van der Waals surface area contributed by atoms with Gasteiger partial charge in [-0.3, -0.25) is 5.10 Å². The van der Waals surface area contributed by atoms with Crippen molar-refractivity contribution in [1.82, 2.24) is 30.1 Å². The minimum atomic E-state index is 0.224. The zero-order valence-corrected chi connectivity index (χ0v) is 20.3. The summed E-state index contributed by atoms with van der Waals surface area (Å²) in [6.07, 6.45) is 6.82. The van der Waals surface area contributed by atoms with Gasteiger partial charge in [-0.15, -0.1) is 11.3 Å². The first-order valence-electron chi connectivity index (χ1n) is 11.9.